The molecule has 0 saturated heterocycles. The lowest BCUT2D eigenvalue weighted by Crippen LogP contribution is -2.35. The highest BCUT2D eigenvalue weighted by atomic mass is 16.2. The third-order valence-corrected chi connectivity index (χ3v) is 4.36. The van der Waals surface area contributed by atoms with Crippen LogP contribution in [0.15, 0.2) is 48.5 Å². The number of nitrogens with one attached hydrogen (secondary N) is 2. The molecule has 1 aliphatic heterocycles. The molecule has 4 amide bonds. The molecule has 0 bridgehead atoms. The first-order chi connectivity index (χ1) is 13.0. The molecule has 1 heterocycles. The highest BCUT2D eigenvalue weighted by Gasteiger charge is 2.34. The fourth-order valence-electron chi connectivity index (χ4n) is 2.90. The van der Waals surface area contributed by atoms with Crippen molar-refractivity contribution < 1.29 is 14.4 Å². The fourth-order valence-corrected chi connectivity index (χ4v) is 2.90. The minimum absolute atomic E-state index is 0.268. The zero-order chi connectivity index (χ0) is 19.4. The van der Waals surface area contributed by atoms with Crippen LogP contribution in [-0.2, 0) is 0 Å². The average Bonchev–Trinajstić information content (AvgIpc) is 2.90. The smallest absolute Gasteiger partial charge is 0.319 e. The number of fused-ring (bicyclic) bond motifs is 1. The highest BCUT2D eigenvalue weighted by Crippen LogP contribution is 2.22. The maximum atomic E-state index is 12.3. The van der Waals surface area contributed by atoms with Gasteiger partial charge in [-0.2, -0.15) is 0 Å². The van der Waals surface area contributed by atoms with Crippen LogP contribution in [0, 0.1) is 0 Å². The van der Waals surface area contributed by atoms with Crippen molar-refractivity contribution in [2.45, 2.75) is 6.42 Å². The lowest BCUT2D eigenvalue weighted by molar-refractivity contribution is 0.0653. The first-order valence-corrected chi connectivity index (χ1v) is 8.75. The van der Waals surface area contributed by atoms with Gasteiger partial charge in [-0.15, -0.1) is 0 Å². The fraction of sp³-hybridized carbons (Fsp3) is 0.250. The lowest BCUT2D eigenvalue weighted by atomic mass is 10.1. The van der Waals surface area contributed by atoms with Crippen molar-refractivity contribution in [1.82, 2.24) is 10.2 Å². The Bertz CT molecular complexity index is 827. The number of hydrogen-bond acceptors (Lipinski definition) is 4. The highest BCUT2D eigenvalue weighted by molar-refractivity contribution is 6.21. The minimum Gasteiger partial charge on any atom is -0.378 e. The van der Waals surface area contributed by atoms with E-state index in [1.807, 2.05) is 43.3 Å². The van der Waals surface area contributed by atoms with E-state index < -0.39 is 0 Å². The Hall–Kier alpha value is -3.35. The molecule has 7 nitrogen and oxygen atoms in total. The summed E-state index contributed by atoms with van der Waals surface area (Å²) in [6, 6.07) is 14.0. The van der Waals surface area contributed by atoms with Gasteiger partial charge in [-0.3, -0.25) is 14.5 Å². The number of amides is 4. The third kappa shape index (κ3) is 4.08. The molecule has 0 aromatic heterocycles. The summed E-state index contributed by atoms with van der Waals surface area (Å²) in [4.78, 5) is 39.7. The lowest BCUT2D eigenvalue weighted by Gasteiger charge is -2.15. The van der Waals surface area contributed by atoms with Crippen LogP contribution < -0.4 is 15.5 Å². The van der Waals surface area contributed by atoms with Crippen LogP contribution in [0.4, 0.5) is 16.2 Å². The number of carbonyl (C=O) groups excluding carboxylic acids is 3. The molecule has 0 spiro atoms. The van der Waals surface area contributed by atoms with Crippen LogP contribution in [0.5, 0.6) is 0 Å². The second-order valence-corrected chi connectivity index (χ2v) is 6.48. The minimum atomic E-state index is -0.324. The molecule has 2 N–H and O–H groups in total. The molecular weight excluding hydrogens is 344 g/mol. The van der Waals surface area contributed by atoms with Gasteiger partial charge in [0.05, 0.1) is 11.1 Å². The molecule has 140 valence electrons. The van der Waals surface area contributed by atoms with Gasteiger partial charge in [0, 0.05) is 38.6 Å². The van der Waals surface area contributed by atoms with Crippen molar-refractivity contribution in [3.8, 4) is 0 Å². The predicted octanol–water partition coefficient (Wildman–Crippen LogP) is 2.56. The Morgan fingerprint density at radius 3 is 2.11 bits per heavy atom. The summed E-state index contributed by atoms with van der Waals surface area (Å²) in [6.45, 7) is 0.624. The molecule has 0 fully saturated rings. The molecule has 0 unspecified atom stereocenters. The van der Waals surface area contributed by atoms with E-state index in [0.29, 0.717) is 29.8 Å². The summed E-state index contributed by atoms with van der Waals surface area (Å²) >= 11 is 0. The summed E-state index contributed by atoms with van der Waals surface area (Å²) in [5.74, 6) is -0.554. The van der Waals surface area contributed by atoms with Crippen LogP contribution in [0.1, 0.15) is 27.1 Å². The monoisotopic (exact) mass is 366 g/mol. The van der Waals surface area contributed by atoms with E-state index in [2.05, 4.69) is 10.6 Å². The van der Waals surface area contributed by atoms with Crippen LogP contribution in [0.25, 0.3) is 0 Å². The molecule has 7 heteroatoms. The van der Waals surface area contributed by atoms with Crippen molar-refractivity contribution in [2.24, 2.45) is 0 Å². The first kappa shape index (κ1) is 18.4. The van der Waals surface area contributed by atoms with Gasteiger partial charge in [0.25, 0.3) is 11.8 Å². The maximum Gasteiger partial charge on any atom is 0.319 e. The summed E-state index contributed by atoms with van der Waals surface area (Å²) in [5, 5.41) is 5.49. The van der Waals surface area contributed by atoms with E-state index >= 15 is 0 Å². The van der Waals surface area contributed by atoms with Crippen LogP contribution in [0.2, 0.25) is 0 Å². The number of benzene rings is 2. The molecule has 2 aromatic rings. The molecule has 2 aromatic carbocycles. The largest absolute Gasteiger partial charge is 0.378 e. The van der Waals surface area contributed by atoms with Gasteiger partial charge in [0.15, 0.2) is 0 Å². The van der Waals surface area contributed by atoms with Crippen LogP contribution in [-0.4, -0.2) is 49.9 Å². The van der Waals surface area contributed by atoms with Gasteiger partial charge in [0.1, 0.15) is 0 Å². The summed E-state index contributed by atoms with van der Waals surface area (Å²) in [5.41, 5.74) is 2.61. The normalized spacial score (nSPS) is 12.7. The SMILES string of the molecule is CN(C)c1ccc(NC(=O)NCCCN2C(=O)c3ccccc3C2=O)cc1. The van der Waals surface area contributed by atoms with Gasteiger partial charge < -0.3 is 15.5 Å². The molecule has 27 heavy (non-hydrogen) atoms. The van der Waals surface area contributed by atoms with Gasteiger partial charge in [-0.25, -0.2) is 4.79 Å². The van der Waals surface area contributed by atoms with E-state index in [1.165, 1.54) is 4.90 Å². The number of urea groups is 1. The average molecular weight is 366 g/mol. The molecule has 1 aliphatic rings. The Labute approximate surface area is 158 Å². The van der Waals surface area contributed by atoms with E-state index in [0.717, 1.165) is 5.69 Å². The Morgan fingerprint density at radius 1 is 0.963 bits per heavy atom. The van der Waals surface area contributed by atoms with E-state index in [-0.39, 0.29) is 24.4 Å². The quantitative estimate of drug-likeness (QED) is 0.608. The molecule has 0 radical (unpaired) electrons. The van der Waals surface area contributed by atoms with Gasteiger partial charge >= 0.3 is 6.03 Å². The van der Waals surface area contributed by atoms with Gasteiger partial charge in [-0.05, 0) is 42.8 Å². The number of anilines is 2. The number of imide groups is 1. The van der Waals surface area contributed by atoms with Crippen molar-refractivity contribution in [2.75, 3.05) is 37.4 Å². The second kappa shape index (κ2) is 7.90. The standard InChI is InChI=1S/C20H22N4O3/c1-23(2)15-10-8-14(9-11-15)22-20(27)21-12-5-13-24-18(25)16-6-3-4-7-17(16)19(24)26/h3-4,6-11H,5,12-13H2,1-2H3,(H2,21,22,27). The number of rotatable bonds is 6. The molecule has 3 rings (SSSR count). The molecule has 0 saturated carbocycles. The number of carbonyl (C=O) groups is 3. The van der Waals surface area contributed by atoms with E-state index in [4.69, 9.17) is 0 Å². The van der Waals surface area contributed by atoms with Crippen LogP contribution >= 0.6 is 0 Å². The van der Waals surface area contributed by atoms with E-state index in [9.17, 15) is 14.4 Å². The topological polar surface area (TPSA) is 81.8 Å². The van der Waals surface area contributed by atoms with Gasteiger partial charge in [-0.1, -0.05) is 12.1 Å². The number of nitrogens with zero attached hydrogens (tertiary/aromatic N) is 2. The second-order valence-electron chi connectivity index (χ2n) is 6.48. The Kier molecular flexibility index (Phi) is 5.40. The Balaban J connectivity index is 1.43. The zero-order valence-electron chi connectivity index (χ0n) is 15.4. The van der Waals surface area contributed by atoms with Crippen LogP contribution in [0.3, 0.4) is 0 Å². The molecular formula is C20H22N4O3. The summed E-state index contributed by atoms with van der Waals surface area (Å²) in [7, 11) is 3.90. The van der Waals surface area contributed by atoms with Crippen molar-refractivity contribution in [3.05, 3.63) is 59.7 Å². The summed E-state index contributed by atoms with van der Waals surface area (Å²) in [6.07, 6.45) is 0.485. The third-order valence-electron chi connectivity index (χ3n) is 4.36. The number of hydrogen-bond donors (Lipinski definition) is 2. The Morgan fingerprint density at radius 2 is 1.56 bits per heavy atom. The van der Waals surface area contributed by atoms with Gasteiger partial charge in [0.2, 0.25) is 0 Å². The maximum absolute atomic E-state index is 12.3. The predicted molar refractivity (Wildman–Crippen MR) is 104 cm³/mol. The first-order valence-electron chi connectivity index (χ1n) is 8.75. The zero-order valence-corrected chi connectivity index (χ0v) is 15.4. The molecule has 0 aliphatic carbocycles. The van der Waals surface area contributed by atoms with Crippen molar-refractivity contribution >= 4 is 29.2 Å². The summed E-state index contributed by atoms with van der Waals surface area (Å²) < 4.78 is 0. The van der Waals surface area contributed by atoms with Crippen molar-refractivity contribution in [3.63, 3.8) is 0 Å². The van der Waals surface area contributed by atoms with Crippen molar-refractivity contribution in [1.29, 1.82) is 0 Å². The molecule has 0 atom stereocenters. The van der Waals surface area contributed by atoms with E-state index in [1.54, 1.807) is 24.3 Å².